The number of nitrogens with zero attached hydrogens (tertiary/aromatic N) is 3. The Hall–Kier alpha value is -3.17. The molecule has 1 aromatic heterocycles. The van der Waals surface area contributed by atoms with E-state index in [1.807, 2.05) is 66.4 Å². The van der Waals surface area contributed by atoms with Crippen molar-refractivity contribution in [3.8, 4) is 0 Å². The lowest BCUT2D eigenvalue weighted by Gasteiger charge is -2.33. The summed E-state index contributed by atoms with van der Waals surface area (Å²) in [5, 5.41) is 4.73. The van der Waals surface area contributed by atoms with Gasteiger partial charge in [-0.15, -0.1) is 0 Å². The van der Waals surface area contributed by atoms with Crippen molar-refractivity contribution in [3.63, 3.8) is 0 Å². The van der Waals surface area contributed by atoms with E-state index in [2.05, 4.69) is 21.9 Å². The number of likely N-dealkylation sites (tertiary alicyclic amines) is 1. The number of amides is 1. The number of aromatic nitrogens is 1. The maximum absolute atomic E-state index is 13.7. The minimum atomic E-state index is -3.96. The number of fused-ring (bicyclic) bond motifs is 1. The van der Waals surface area contributed by atoms with Crippen LogP contribution >= 0.6 is 0 Å². The maximum atomic E-state index is 13.7. The maximum Gasteiger partial charge on any atom is 0.241 e. The van der Waals surface area contributed by atoms with Crippen molar-refractivity contribution in [3.05, 3.63) is 60.8 Å². The highest BCUT2D eigenvalue weighted by Crippen LogP contribution is 2.30. The van der Waals surface area contributed by atoms with Crippen LogP contribution in [0, 0.1) is 5.92 Å². The highest BCUT2D eigenvalue weighted by Gasteiger charge is 2.31. The van der Waals surface area contributed by atoms with Gasteiger partial charge in [-0.1, -0.05) is 37.3 Å². The number of hydrogen-bond acceptors (Lipinski definition) is 6. The number of piperidine rings is 1. The van der Waals surface area contributed by atoms with Gasteiger partial charge < -0.3 is 15.1 Å². The normalized spacial score (nSPS) is 15.5. The summed E-state index contributed by atoms with van der Waals surface area (Å²) < 4.78 is 30.2. The molecule has 2 aromatic carbocycles. The molecule has 0 unspecified atom stereocenters. The van der Waals surface area contributed by atoms with Gasteiger partial charge in [0, 0.05) is 56.4 Å². The Morgan fingerprint density at radius 2 is 1.78 bits per heavy atom. The smallest absolute Gasteiger partial charge is 0.241 e. The van der Waals surface area contributed by atoms with Gasteiger partial charge in [0.05, 0.1) is 4.90 Å². The Bertz CT molecular complexity index is 1310. The minimum absolute atomic E-state index is 0.150. The Kier molecular flexibility index (Phi) is 8.66. The molecule has 1 saturated heterocycles. The molecule has 4 rings (SSSR count). The number of pyridine rings is 1. The summed E-state index contributed by atoms with van der Waals surface area (Å²) in [6.07, 6.45) is 4.58. The molecule has 0 saturated carbocycles. The van der Waals surface area contributed by atoms with E-state index >= 15 is 0 Å². The van der Waals surface area contributed by atoms with Crippen molar-refractivity contribution in [2.45, 2.75) is 43.5 Å². The number of benzene rings is 2. The van der Waals surface area contributed by atoms with Crippen LogP contribution in [0.2, 0.25) is 0 Å². The van der Waals surface area contributed by atoms with Gasteiger partial charge >= 0.3 is 0 Å². The van der Waals surface area contributed by atoms with Crippen LogP contribution in [-0.4, -0.2) is 64.0 Å². The lowest BCUT2D eigenvalue weighted by molar-refractivity contribution is -0.134. The molecule has 1 amide bonds. The third kappa shape index (κ3) is 6.59. The summed E-state index contributed by atoms with van der Waals surface area (Å²) >= 11 is 0. The van der Waals surface area contributed by atoms with Crippen LogP contribution in [0.25, 0.3) is 10.8 Å². The molecule has 198 valence electrons. The van der Waals surface area contributed by atoms with E-state index in [1.54, 1.807) is 18.3 Å². The van der Waals surface area contributed by atoms with Crippen molar-refractivity contribution in [2.75, 3.05) is 43.9 Å². The second-order valence-electron chi connectivity index (χ2n) is 9.99. The van der Waals surface area contributed by atoms with Crippen molar-refractivity contribution >= 4 is 38.2 Å². The topological polar surface area (TPSA) is 94.6 Å². The third-order valence-corrected chi connectivity index (χ3v) is 8.49. The van der Waals surface area contributed by atoms with Gasteiger partial charge in [0.25, 0.3) is 0 Å². The first-order valence-electron chi connectivity index (χ1n) is 12.9. The zero-order chi connectivity index (χ0) is 26.4. The van der Waals surface area contributed by atoms with E-state index in [0.29, 0.717) is 43.8 Å². The number of anilines is 2. The molecule has 1 fully saturated rings. The summed E-state index contributed by atoms with van der Waals surface area (Å²) in [5.74, 6) is 1.18. The van der Waals surface area contributed by atoms with Gasteiger partial charge in [-0.3, -0.25) is 4.79 Å². The molecule has 3 aromatic rings. The van der Waals surface area contributed by atoms with Crippen LogP contribution in [0.3, 0.4) is 0 Å². The molecule has 0 radical (unpaired) electrons. The number of rotatable bonds is 10. The largest absolute Gasteiger partial charge is 0.377 e. The molecular formula is C28H37N5O3S. The summed E-state index contributed by atoms with van der Waals surface area (Å²) in [4.78, 5) is 21.8. The Morgan fingerprint density at radius 1 is 1.05 bits per heavy atom. The third-order valence-electron chi connectivity index (χ3n) is 6.96. The number of carbonyl (C=O) groups excluding carboxylic acids is 1. The predicted octanol–water partition coefficient (Wildman–Crippen LogP) is 4.10. The van der Waals surface area contributed by atoms with Crippen LogP contribution in [-0.2, 0) is 14.8 Å². The van der Waals surface area contributed by atoms with Crippen LogP contribution in [0.5, 0.6) is 0 Å². The number of carbonyl (C=O) groups is 1. The van der Waals surface area contributed by atoms with Gasteiger partial charge in [-0.05, 0) is 55.9 Å². The van der Waals surface area contributed by atoms with Crippen LogP contribution in [0.15, 0.2) is 65.7 Å². The van der Waals surface area contributed by atoms with Crippen LogP contribution in [0.4, 0.5) is 11.5 Å². The van der Waals surface area contributed by atoms with Gasteiger partial charge in [-0.25, -0.2) is 13.4 Å². The molecule has 9 heteroatoms. The first-order chi connectivity index (χ1) is 17.8. The molecule has 37 heavy (non-hydrogen) atoms. The number of hydrogen-bond donors (Lipinski definition) is 2. The molecule has 0 spiro atoms. The lowest BCUT2D eigenvalue weighted by Crippen LogP contribution is -2.50. The first kappa shape index (κ1) is 26.9. The highest BCUT2D eigenvalue weighted by molar-refractivity contribution is 7.89. The van der Waals surface area contributed by atoms with Gasteiger partial charge in [-0.2, -0.15) is 4.72 Å². The first-order valence-corrected chi connectivity index (χ1v) is 14.4. The van der Waals surface area contributed by atoms with E-state index in [-0.39, 0.29) is 10.8 Å². The van der Waals surface area contributed by atoms with E-state index < -0.39 is 16.1 Å². The standard InChI is InChI=1S/C28H37N5O3S/c1-21-15-19-33(20-16-21)28(34)24(11-8-18-30-27-14-4-5-17-29-27)31-37(35,36)26-13-7-9-22-23(26)10-6-12-25(22)32(2)3/h4-7,9-10,12-14,17,21,24,31H,8,11,15-16,18-20H2,1-3H3,(H,29,30)/t24-/m0/s1. The molecular weight excluding hydrogens is 486 g/mol. The molecule has 1 aliphatic heterocycles. The molecule has 0 aliphatic carbocycles. The summed E-state index contributed by atoms with van der Waals surface area (Å²) in [7, 11) is -0.0972. The monoisotopic (exact) mass is 523 g/mol. The average Bonchev–Trinajstić information content (AvgIpc) is 2.90. The van der Waals surface area contributed by atoms with Gasteiger partial charge in [0.15, 0.2) is 0 Å². The van der Waals surface area contributed by atoms with Crippen molar-refractivity contribution in [1.29, 1.82) is 0 Å². The fourth-order valence-corrected chi connectivity index (χ4v) is 6.26. The van der Waals surface area contributed by atoms with Crippen LogP contribution in [0.1, 0.15) is 32.6 Å². The number of sulfonamides is 1. The quantitative estimate of drug-likeness (QED) is 0.389. The predicted molar refractivity (Wildman–Crippen MR) is 149 cm³/mol. The fraction of sp³-hybridized carbons (Fsp3) is 0.429. The van der Waals surface area contributed by atoms with Crippen molar-refractivity contribution in [2.24, 2.45) is 5.92 Å². The molecule has 8 nitrogen and oxygen atoms in total. The van der Waals surface area contributed by atoms with Crippen LogP contribution < -0.4 is 14.9 Å². The second kappa shape index (κ2) is 11.9. The van der Waals surface area contributed by atoms with Gasteiger partial charge in [0.1, 0.15) is 11.9 Å². The van der Waals surface area contributed by atoms with E-state index in [4.69, 9.17) is 0 Å². The summed E-state index contributed by atoms with van der Waals surface area (Å²) in [6, 6.07) is 15.7. The zero-order valence-electron chi connectivity index (χ0n) is 21.9. The van der Waals surface area contributed by atoms with Crippen molar-refractivity contribution in [1.82, 2.24) is 14.6 Å². The van der Waals surface area contributed by atoms with Gasteiger partial charge in [0.2, 0.25) is 15.9 Å². The summed E-state index contributed by atoms with van der Waals surface area (Å²) in [5.41, 5.74) is 0.935. The van der Waals surface area contributed by atoms with E-state index in [0.717, 1.165) is 29.7 Å². The van der Waals surface area contributed by atoms with E-state index in [1.165, 1.54) is 0 Å². The zero-order valence-corrected chi connectivity index (χ0v) is 22.7. The fourth-order valence-electron chi connectivity index (χ4n) is 4.81. The minimum Gasteiger partial charge on any atom is -0.377 e. The van der Waals surface area contributed by atoms with Crippen molar-refractivity contribution < 1.29 is 13.2 Å². The lowest BCUT2D eigenvalue weighted by atomic mass is 9.98. The Morgan fingerprint density at radius 3 is 2.49 bits per heavy atom. The molecule has 2 N–H and O–H groups in total. The van der Waals surface area contributed by atoms with E-state index in [9.17, 15) is 13.2 Å². The average molecular weight is 524 g/mol. The molecule has 2 heterocycles. The highest BCUT2D eigenvalue weighted by atomic mass is 32.2. The molecule has 1 atom stereocenters. The Labute approximate surface area is 220 Å². The summed E-state index contributed by atoms with van der Waals surface area (Å²) in [6.45, 7) is 4.09. The SMILES string of the molecule is CC1CCN(C(=O)[C@H](CCCNc2ccccn2)NS(=O)(=O)c2cccc3c(N(C)C)cccc23)CC1. The molecule has 1 aliphatic rings. The number of nitrogens with one attached hydrogen (secondary N) is 2. The Balaban J connectivity index is 1.56. The second-order valence-corrected chi connectivity index (χ2v) is 11.7. The molecule has 0 bridgehead atoms.